The van der Waals surface area contributed by atoms with E-state index in [4.69, 9.17) is 4.74 Å². The Labute approximate surface area is 93.2 Å². The Balaban J connectivity index is 2.35. The van der Waals surface area contributed by atoms with Crippen molar-refractivity contribution in [1.29, 1.82) is 0 Å². The first-order chi connectivity index (χ1) is 6.95. The standard InChI is InChI=1S/C14H22O/c1-13(2,3)14(4)8-5-6-11-7-9-15-10-12(11)14/h5-6,8,12H,7,9-10H2,1-4H3. The summed E-state index contributed by atoms with van der Waals surface area (Å²) >= 11 is 0. The molecule has 0 bridgehead atoms. The highest BCUT2D eigenvalue weighted by molar-refractivity contribution is 5.29. The molecule has 2 atom stereocenters. The minimum atomic E-state index is 0.234. The fourth-order valence-corrected chi connectivity index (χ4v) is 2.69. The first-order valence-corrected chi connectivity index (χ1v) is 5.91. The monoisotopic (exact) mass is 206 g/mol. The molecule has 0 aromatic heterocycles. The molecule has 1 saturated heterocycles. The highest BCUT2D eigenvalue weighted by Gasteiger charge is 2.45. The van der Waals surface area contributed by atoms with Crippen LogP contribution in [0.15, 0.2) is 23.8 Å². The molecule has 0 N–H and O–H groups in total. The lowest BCUT2D eigenvalue weighted by molar-refractivity contribution is 0.00255. The molecule has 0 aromatic rings. The molecule has 84 valence electrons. The summed E-state index contributed by atoms with van der Waals surface area (Å²) in [6, 6.07) is 0. The molecule has 1 heteroatoms. The molecular weight excluding hydrogens is 184 g/mol. The summed E-state index contributed by atoms with van der Waals surface area (Å²) in [4.78, 5) is 0. The summed E-state index contributed by atoms with van der Waals surface area (Å²) < 4.78 is 5.65. The minimum Gasteiger partial charge on any atom is -0.380 e. The highest BCUT2D eigenvalue weighted by Crippen LogP contribution is 2.51. The molecule has 1 fully saturated rings. The molecule has 2 rings (SSSR count). The topological polar surface area (TPSA) is 9.23 Å². The lowest BCUT2D eigenvalue weighted by Gasteiger charge is -2.49. The average molecular weight is 206 g/mol. The third-order valence-corrected chi connectivity index (χ3v) is 4.36. The van der Waals surface area contributed by atoms with Gasteiger partial charge in [-0.3, -0.25) is 0 Å². The predicted octanol–water partition coefficient (Wildman–Crippen LogP) is 3.57. The van der Waals surface area contributed by atoms with Crippen molar-refractivity contribution in [2.45, 2.75) is 34.1 Å². The number of ether oxygens (including phenoxy) is 1. The second-order valence-corrected chi connectivity index (χ2v) is 6.01. The Kier molecular flexibility index (Phi) is 2.54. The Hall–Kier alpha value is -0.560. The molecule has 1 aliphatic heterocycles. The van der Waals surface area contributed by atoms with Gasteiger partial charge in [-0.15, -0.1) is 0 Å². The zero-order chi connectivity index (χ0) is 11.1. The molecular formula is C14H22O. The zero-order valence-corrected chi connectivity index (χ0v) is 10.3. The average Bonchev–Trinajstić information content (AvgIpc) is 2.17. The van der Waals surface area contributed by atoms with E-state index < -0.39 is 0 Å². The van der Waals surface area contributed by atoms with Crippen molar-refractivity contribution in [3.63, 3.8) is 0 Å². The summed E-state index contributed by atoms with van der Waals surface area (Å²) in [6.45, 7) is 11.1. The largest absolute Gasteiger partial charge is 0.380 e. The van der Waals surface area contributed by atoms with E-state index in [0.717, 1.165) is 19.6 Å². The van der Waals surface area contributed by atoms with Crippen LogP contribution in [0.3, 0.4) is 0 Å². The smallest absolute Gasteiger partial charge is 0.0540 e. The van der Waals surface area contributed by atoms with Gasteiger partial charge in [-0.25, -0.2) is 0 Å². The second-order valence-electron chi connectivity index (χ2n) is 6.01. The van der Waals surface area contributed by atoms with E-state index in [2.05, 4.69) is 45.9 Å². The van der Waals surface area contributed by atoms with Gasteiger partial charge in [0.15, 0.2) is 0 Å². The van der Waals surface area contributed by atoms with Crippen molar-refractivity contribution in [2.75, 3.05) is 13.2 Å². The van der Waals surface area contributed by atoms with Crippen molar-refractivity contribution in [1.82, 2.24) is 0 Å². The van der Waals surface area contributed by atoms with Crippen LogP contribution in [0.5, 0.6) is 0 Å². The van der Waals surface area contributed by atoms with Crippen molar-refractivity contribution in [2.24, 2.45) is 16.7 Å². The third-order valence-electron chi connectivity index (χ3n) is 4.36. The van der Waals surface area contributed by atoms with Crippen LogP contribution in [-0.2, 0) is 4.74 Å². The molecule has 0 saturated carbocycles. The Bertz CT molecular complexity index is 306. The van der Waals surface area contributed by atoms with Gasteiger partial charge >= 0.3 is 0 Å². The van der Waals surface area contributed by atoms with Crippen molar-refractivity contribution in [3.8, 4) is 0 Å². The Morgan fingerprint density at radius 1 is 1.40 bits per heavy atom. The van der Waals surface area contributed by atoms with E-state index in [0.29, 0.717) is 5.92 Å². The molecule has 1 aliphatic carbocycles. The van der Waals surface area contributed by atoms with Crippen LogP contribution >= 0.6 is 0 Å². The first-order valence-electron chi connectivity index (χ1n) is 5.91. The summed E-state index contributed by atoms with van der Waals surface area (Å²) in [6.07, 6.45) is 8.01. The maximum atomic E-state index is 5.65. The van der Waals surface area contributed by atoms with Gasteiger partial charge in [-0.1, -0.05) is 51.5 Å². The van der Waals surface area contributed by atoms with E-state index in [-0.39, 0.29) is 10.8 Å². The lowest BCUT2D eigenvalue weighted by Crippen LogP contribution is -2.44. The van der Waals surface area contributed by atoms with Crippen LogP contribution in [0.2, 0.25) is 0 Å². The zero-order valence-electron chi connectivity index (χ0n) is 10.3. The van der Waals surface area contributed by atoms with Gasteiger partial charge in [0, 0.05) is 5.92 Å². The van der Waals surface area contributed by atoms with E-state index in [1.807, 2.05) is 0 Å². The van der Waals surface area contributed by atoms with E-state index >= 15 is 0 Å². The Morgan fingerprint density at radius 2 is 2.13 bits per heavy atom. The van der Waals surface area contributed by atoms with Crippen molar-refractivity contribution >= 4 is 0 Å². The summed E-state index contributed by atoms with van der Waals surface area (Å²) in [5, 5.41) is 0. The van der Waals surface area contributed by atoms with Crippen molar-refractivity contribution in [3.05, 3.63) is 23.8 Å². The van der Waals surface area contributed by atoms with Crippen LogP contribution in [0.1, 0.15) is 34.1 Å². The SMILES string of the molecule is CC(C)(C)C1(C)C=CC=C2CCOCC21. The maximum Gasteiger partial charge on any atom is 0.0540 e. The van der Waals surface area contributed by atoms with Crippen LogP contribution < -0.4 is 0 Å². The van der Waals surface area contributed by atoms with Crippen LogP contribution in [0.25, 0.3) is 0 Å². The van der Waals surface area contributed by atoms with Gasteiger partial charge in [0.2, 0.25) is 0 Å². The van der Waals surface area contributed by atoms with Crippen LogP contribution in [0, 0.1) is 16.7 Å². The number of hydrogen-bond donors (Lipinski definition) is 0. The van der Waals surface area contributed by atoms with Gasteiger partial charge < -0.3 is 4.74 Å². The van der Waals surface area contributed by atoms with Gasteiger partial charge in [-0.05, 0) is 17.3 Å². The Morgan fingerprint density at radius 3 is 2.80 bits per heavy atom. The van der Waals surface area contributed by atoms with Gasteiger partial charge in [0.1, 0.15) is 0 Å². The first kappa shape index (κ1) is 10.9. The fourth-order valence-electron chi connectivity index (χ4n) is 2.69. The summed E-state index contributed by atoms with van der Waals surface area (Å²) in [5.74, 6) is 0.580. The molecule has 2 aliphatic rings. The van der Waals surface area contributed by atoms with E-state index in [9.17, 15) is 0 Å². The predicted molar refractivity (Wildman–Crippen MR) is 63.7 cm³/mol. The van der Waals surface area contributed by atoms with Crippen LogP contribution in [-0.4, -0.2) is 13.2 Å². The lowest BCUT2D eigenvalue weighted by atomic mass is 9.57. The van der Waals surface area contributed by atoms with Crippen molar-refractivity contribution < 1.29 is 4.74 Å². The molecule has 0 amide bonds. The number of rotatable bonds is 0. The quantitative estimate of drug-likeness (QED) is 0.588. The molecule has 1 nitrogen and oxygen atoms in total. The number of allylic oxidation sites excluding steroid dienone is 3. The number of hydrogen-bond acceptors (Lipinski definition) is 1. The van der Waals surface area contributed by atoms with Gasteiger partial charge in [0.25, 0.3) is 0 Å². The molecule has 1 heterocycles. The minimum absolute atomic E-state index is 0.234. The summed E-state index contributed by atoms with van der Waals surface area (Å²) in [5.41, 5.74) is 2.10. The summed E-state index contributed by atoms with van der Waals surface area (Å²) in [7, 11) is 0. The van der Waals surface area contributed by atoms with E-state index in [1.165, 1.54) is 0 Å². The normalized spacial score (nSPS) is 36.0. The van der Waals surface area contributed by atoms with Crippen LogP contribution in [0.4, 0.5) is 0 Å². The molecule has 0 aromatic carbocycles. The molecule has 0 spiro atoms. The van der Waals surface area contributed by atoms with Gasteiger partial charge in [0.05, 0.1) is 13.2 Å². The molecule has 0 radical (unpaired) electrons. The highest BCUT2D eigenvalue weighted by atomic mass is 16.5. The van der Waals surface area contributed by atoms with Gasteiger partial charge in [-0.2, -0.15) is 0 Å². The third kappa shape index (κ3) is 1.67. The maximum absolute atomic E-state index is 5.65. The van der Waals surface area contributed by atoms with E-state index in [1.54, 1.807) is 5.57 Å². The molecule has 15 heavy (non-hydrogen) atoms. The molecule has 2 unspecified atom stereocenters. The second kappa shape index (κ2) is 3.48. The number of fused-ring (bicyclic) bond motifs is 1. The fraction of sp³-hybridized carbons (Fsp3) is 0.714.